The number of nitrogens with zero attached hydrogens (tertiary/aromatic N) is 1. The normalized spacial score (nSPS) is 7.83. The van der Waals surface area contributed by atoms with Crippen molar-refractivity contribution in [3.63, 3.8) is 0 Å². The van der Waals surface area contributed by atoms with Crippen LogP contribution in [0.3, 0.4) is 0 Å². The third-order valence-corrected chi connectivity index (χ3v) is 1.37. The molecule has 0 atom stereocenters. The molecule has 0 aromatic carbocycles. The third-order valence-electron chi connectivity index (χ3n) is 1.37. The molecule has 0 aliphatic rings. The zero-order valence-corrected chi connectivity index (χ0v) is 7.96. The smallest absolute Gasteiger partial charge is 0.0375 e. The molecule has 64 valence electrons. The fourth-order valence-corrected chi connectivity index (χ4v) is 0.824. The van der Waals surface area contributed by atoms with E-state index < -0.39 is 0 Å². The monoisotopic (exact) mass is 161 g/mol. The van der Waals surface area contributed by atoms with Gasteiger partial charge in [-0.15, -0.1) is 12.3 Å². The molecule has 0 spiro atoms. The Morgan fingerprint density at radius 2 is 2.17 bits per heavy atom. The Kier molecular flexibility index (Phi) is 5.73. The van der Waals surface area contributed by atoms with Crippen molar-refractivity contribution in [3.8, 4) is 12.3 Å². The van der Waals surface area contributed by atoms with Gasteiger partial charge < -0.3 is 0 Å². The van der Waals surface area contributed by atoms with Gasteiger partial charge in [0.15, 0.2) is 0 Å². The van der Waals surface area contributed by atoms with Gasteiger partial charge in [0.25, 0.3) is 0 Å². The standard InChI is InChI=1S/C8H11N.C3H4/c1-3-8-4-5-9-7(2)6-8;1-3-2/h4-6H,3H2,1-2H3;1H,2H3. The molecule has 0 radical (unpaired) electrons. The van der Waals surface area contributed by atoms with Gasteiger partial charge >= 0.3 is 0 Å². The second kappa shape index (κ2) is 6.42. The van der Waals surface area contributed by atoms with Crippen LogP contribution in [0, 0.1) is 19.3 Å². The number of hydrogen-bond acceptors (Lipinski definition) is 1. The van der Waals surface area contributed by atoms with Gasteiger partial charge in [0.1, 0.15) is 0 Å². The summed E-state index contributed by atoms with van der Waals surface area (Å²) >= 11 is 0. The summed E-state index contributed by atoms with van der Waals surface area (Å²) in [7, 11) is 0. The van der Waals surface area contributed by atoms with Crippen molar-refractivity contribution in [2.24, 2.45) is 0 Å². The molecule has 0 aliphatic carbocycles. The Morgan fingerprint density at radius 1 is 1.58 bits per heavy atom. The molecule has 0 bridgehead atoms. The van der Waals surface area contributed by atoms with E-state index in [4.69, 9.17) is 0 Å². The number of pyridine rings is 1. The predicted molar refractivity (Wildman–Crippen MR) is 52.9 cm³/mol. The van der Waals surface area contributed by atoms with E-state index in [2.05, 4.69) is 30.3 Å². The van der Waals surface area contributed by atoms with Crippen molar-refractivity contribution in [1.82, 2.24) is 4.98 Å². The summed E-state index contributed by atoms with van der Waals surface area (Å²) in [5, 5.41) is 0. The van der Waals surface area contributed by atoms with Crippen molar-refractivity contribution in [2.45, 2.75) is 27.2 Å². The summed E-state index contributed by atoms with van der Waals surface area (Å²) in [6, 6.07) is 4.16. The number of rotatable bonds is 1. The average molecular weight is 161 g/mol. The highest BCUT2D eigenvalue weighted by atomic mass is 14.6. The summed E-state index contributed by atoms with van der Waals surface area (Å²) in [6.45, 7) is 5.81. The van der Waals surface area contributed by atoms with E-state index >= 15 is 0 Å². The van der Waals surface area contributed by atoms with Crippen molar-refractivity contribution in [1.29, 1.82) is 0 Å². The van der Waals surface area contributed by atoms with Gasteiger partial charge in [-0.1, -0.05) is 6.92 Å². The van der Waals surface area contributed by atoms with E-state index in [0.717, 1.165) is 12.1 Å². The second-order valence-corrected chi connectivity index (χ2v) is 2.45. The highest BCUT2D eigenvalue weighted by Gasteiger charge is 1.87. The van der Waals surface area contributed by atoms with E-state index in [0.29, 0.717) is 0 Å². The zero-order valence-electron chi connectivity index (χ0n) is 7.96. The van der Waals surface area contributed by atoms with Crippen LogP contribution in [0.25, 0.3) is 0 Å². The zero-order chi connectivity index (χ0) is 9.40. The van der Waals surface area contributed by atoms with Crippen LogP contribution in [-0.4, -0.2) is 4.98 Å². The summed E-state index contributed by atoms with van der Waals surface area (Å²) in [5.74, 6) is 2.25. The Morgan fingerprint density at radius 3 is 2.50 bits per heavy atom. The molecular formula is C11H15N. The van der Waals surface area contributed by atoms with Gasteiger partial charge in [-0.3, -0.25) is 4.98 Å². The Labute approximate surface area is 74.8 Å². The van der Waals surface area contributed by atoms with E-state index in [1.165, 1.54) is 5.56 Å². The fourth-order valence-electron chi connectivity index (χ4n) is 0.824. The summed E-state index contributed by atoms with van der Waals surface area (Å²) in [4.78, 5) is 4.09. The Bertz CT molecular complexity index is 258. The van der Waals surface area contributed by atoms with Crippen LogP contribution in [0.4, 0.5) is 0 Å². The van der Waals surface area contributed by atoms with Crippen molar-refractivity contribution < 1.29 is 0 Å². The van der Waals surface area contributed by atoms with E-state index in [1.54, 1.807) is 6.92 Å². The topological polar surface area (TPSA) is 12.9 Å². The average Bonchev–Trinajstić information content (AvgIpc) is 2.06. The molecule has 12 heavy (non-hydrogen) atoms. The molecule has 1 rings (SSSR count). The molecule has 0 fully saturated rings. The van der Waals surface area contributed by atoms with Crippen LogP contribution >= 0.6 is 0 Å². The SMILES string of the molecule is C#CC.CCc1ccnc(C)c1. The minimum Gasteiger partial charge on any atom is -0.262 e. The Hall–Kier alpha value is -1.29. The van der Waals surface area contributed by atoms with Crippen molar-refractivity contribution >= 4 is 0 Å². The number of aromatic nitrogens is 1. The minimum atomic E-state index is 1.10. The van der Waals surface area contributed by atoms with Gasteiger partial charge in [0.2, 0.25) is 0 Å². The first kappa shape index (κ1) is 10.7. The van der Waals surface area contributed by atoms with Crippen LogP contribution in [0.15, 0.2) is 18.3 Å². The van der Waals surface area contributed by atoms with Crippen LogP contribution < -0.4 is 0 Å². The van der Waals surface area contributed by atoms with Gasteiger partial charge in [-0.25, -0.2) is 0 Å². The van der Waals surface area contributed by atoms with Crippen LogP contribution in [0.2, 0.25) is 0 Å². The molecule has 0 saturated heterocycles. The minimum absolute atomic E-state index is 1.10. The molecule has 1 heterocycles. The van der Waals surface area contributed by atoms with Crippen molar-refractivity contribution in [3.05, 3.63) is 29.6 Å². The van der Waals surface area contributed by atoms with Gasteiger partial charge in [0, 0.05) is 11.9 Å². The fraction of sp³-hybridized carbons (Fsp3) is 0.364. The lowest BCUT2D eigenvalue weighted by atomic mass is 10.2. The van der Waals surface area contributed by atoms with E-state index in [-0.39, 0.29) is 0 Å². The lowest BCUT2D eigenvalue weighted by Crippen LogP contribution is -1.83. The molecule has 0 unspecified atom stereocenters. The second-order valence-electron chi connectivity index (χ2n) is 2.45. The first-order valence-electron chi connectivity index (χ1n) is 4.03. The predicted octanol–water partition coefficient (Wildman–Crippen LogP) is 2.59. The van der Waals surface area contributed by atoms with Gasteiger partial charge in [-0.2, -0.15) is 0 Å². The van der Waals surface area contributed by atoms with Crippen LogP contribution in [-0.2, 0) is 6.42 Å². The number of terminal acetylenes is 1. The Balaban J connectivity index is 0.000000354. The molecule has 0 saturated carbocycles. The molecule has 0 N–H and O–H groups in total. The first-order chi connectivity index (χ1) is 5.74. The van der Waals surface area contributed by atoms with Crippen LogP contribution in [0.5, 0.6) is 0 Å². The first-order valence-corrected chi connectivity index (χ1v) is 4.03. The van der Waals surface area contributed by atoms with E-state index in [1.807, 2.05) is 19.2 Å². The van der Waals surface area contributed by atoms with Crippen LogP contribution in [0.1, 0.15) is 25.1 Å². The number of aryl methyl sites for hydroxylation is 2. The molecular weight excluding hydrogens is 146 g/mol. The van der Waals surface area contributed by atoms with E-state index in [9.17, 15) is 0 Å². The maximum atomic E-state index is 4.60. The highest BCUT2D eigenvalue weighted by Crippen LogP contribution is 1.99. The lowest BCUT2D eigenvalue weighted by molar-refractivity contribution is 1.09. The quantitative estimate of drug-likeness (QED) is 0.577. The maximum absolute atomic E-state index is 4.60. The molecule has 0 amide bonds. The molecule has 1 aromatic rings. The third kappa shape index (κ3) is 4.51. The molecule has 1 nitrogen and oxygen atoms in total. The maximum Gasteiger partial charge on any atom is 0.0375 e. The lowest BCUT2D eigenvalue weighted by Gasteiger charge is -1.94. The molecule has 1 aromatic heterocycles. The largest absolute Gasteiger partial charge is 0.262 e. The molecule has 1 heteroatoms. The van der Waals surface area contributed by atoms with Gasteiger partial charge in [0.05, 0.1) is 0 Å². The summed E-state index contributed by atoms with van der Waals surface area (Å²) in [6.07, 6.45) is 7.55. The summed E-state index contributed by atoms with van der Waals surface area (Å²) < 4.78 is 0. The van der Waals surface area contributed by atoms with Crippen molar-refractivity contribution in [2.75, 3.05) is 0 Å². The molecule has 0 aliphatic heterocycles. The summed E-state index contributed by atoms with van der Waals surface area (Å²) in [5.41, 5.74) is 2.47. The highest BCUT2D eigenvalue weighted by molar-refractivity contribution is 5.14. The van der Waals surface area contributed by atoms with Gasteiger partial charge in [-0.05, 0) is 38.0 Å². The number of hydrogen-bond donors (Lipinski definition) is 0.